The minimum absolute atomic E-state index is 0.0981. The van der Waals surface area contributed by atoms with Crippen LogP contribution in [0.4, 0.5) is 0 Å². The average Bonchev–Trinajstić information content (AvgIpc) is 3.49. The number of imidazole rings is 1. The van der Waals surface area contributed by atoms with Crippen molar-refractivity contribution in [2.45, 2.75) is 45.2 Å². The first-order valence-electron chi connectivity index (χ1n) is 11.6. The van der Waals surface area contributed by atoms with Crippen LogP contribution in [0, 0.1) is 5.92 Å². The Kier molecular flexibility index (Phi) is 6.17. The van der Waals surface area contributed by atoms with Crippen molar-refractivity contribution in [1.29, 1.82) is 0 Å². The Morgan fingerprint density at radius 3 is 2.79 bits per heavy atom. The standard InChI is InChI=1S/C25H28N6O2/c32-24-13-21(29-23-7-3-4-12-31(23)24)25(33)27-15-20-17-30-16-19(8-9-22(30)28-20)14-26-11-10-18-5-1-2-6-18/h3-4,7-9,12-13,16-18,26H,1-2,5-6,10-11,14-15H2,(H,27,33). The summed E-state index contributed by atoms with van der Waals surface area (Å²) in [4.78, 5) is 33.6. The number of hydrogen-bond donors (Lipinski definition) is 2. The number of carbonyl (C=O) groups excluding carboxylic acids is 1. The third-order valence-electron chi connectivity index (χ3n) is 6.33. The van der Waals surface area contributed by atoms with E-state index in [1.807, 2.05) is 16.7 Å². The molecule has 5 rings (SSSR count). The molecule has 0 atom stereocenters. The van der Waals surface area contributed by atoms with Crippen molar-refractivity contribution in [2.24, 2.45) is 5.92 Å². The molecule has 4 heterocycles. The lowest BCUT2D eigenvalue weighted by molar-refractivity contribution is 0.0945. The molecule has 0 aliphatic heterocycles. The highest BCUT2D eigenvalue weighted by molar-refractivity contribution is 5.92. The number of nitrogens with zero attached hydrogens (tertiary/aromatic N) is 4. The Bertz CT molecular complexity index is 1340. The van der Waals surface area contributed by atoms with E-state index in [-0.39, 0.29) is 17.8 Å². The van der Waals surface area contributed by atoms with Crippen LogP contribution in [0.5, 0.6) is 0 Å². The monoisotopic (exact) mass is 444 g/mol. The average molecular weight is 445 g/mol. The van der Waals surface area contributed by atoms with Gasteiger partial charge < -0.3 is 15.0 Å². The van der Waals surface area contributed by atoms with Gasteiger partial charge >= 0.3 is 0 Å². The van der Waals surface area contributed by atoms with Crippen LogP contribution in [0.3, 0.4) is 0 Å². The van der Waals surface area contributed by atoms with Gasteiger partial charge in [0, 0.05) is 31.2 Å². The summed E-state index contributed by atoms with van der Waals surface area (Å²) in [5.41, 5.74) is 3.02. The molecule has 2 N–H and O–H groups in total. The van der Waals surface area contributed by atoms with E-state index in [0.29, 0.717) is 5.65 Å². The molecule has 1 amide bonds. The maximum Gasteiger partial charge on any atom is 0.270 e. The Morgan fingerprint density at radius 1 is 1.03 bits per heavy atom. The predicted octanol–water partition coefficient (Wildman–Crippen LogP) is 2.94. The summed E-state index contributed by atoms with van der Waals surface area (Å²) in [6.07, 6.45) is 12.4. The van der Waals surface area contributed by atoms with Crippen LogP contribution in [0.25, 0.3) is 11.3 Å². The van der Waals surface area contributed by atoms with Crippen molar-refractivity contribution in [3.05, 3.63) is 82.3 Å². The number of nitrogens with one attached hydrogen (secondary N) is 2. The molecule has 0 radical (unpaired) electrons. The van der Waals surface area contributed by atoms with Crippen LogP contribution in [0.2, 0.25) is 0 Å². The zero-order valence-electron chi connectivity index (χ0n) is 18.5. The van der Waals surface area contributed by atoms with Gasteiger partial charge in [0.05, 0.1) is 12.2 Å². The smallest absolute Gasteiger partial charge is 0.270 e. The predicted molar refractivity (Wildman–Crippen MR) is 126 cm³/mol. The second-order valence-corrected chi connectivity index (χ2v) is 8.74. The topological polar surface area (TPSA) is 92.8 Å². The summed E-state index contributed by atoms with van der Waals surface area (Å²) >= 11 is 0. The van der Waals surface area contributed by atoms with Crippen LogP contribution in [-0.4, -0.2) is 31.2 Å². The van der Waals surface area contributed by atoms with Gasteiger partial charge in [-0.1, -0.05) is 37.8 Å². The molecule has 8 nitrogen and oxygen atoms in total. The molecule has 0 unspecified atom stereocenters. The van der Waals surface area contributed by atoms with Gasteiger partial charge in [-0.3, -0.25) is 14.0 Å². The van der Waals surface area contributed by atoms with E-state index in [2.05, 4.69) is 32.9 Å². The lowest BCUT2D eigenvalue weighted by atomic mass is 10.0. The van der Waals surface area contributed by atoms with Crippen molar-refractivity contribution in [1.82, 2.24) is 29.4 Å². The molecule has 4 aromatic rings. The number of rotatable bonds is 8. The number of pyridine rings is 2. The van der Waals surface area contributed by atoms with E-state index < -0.39 is 5.91 Å². The number of carbonyl (C=O) groups is 1. The number of amides is 1. The summed E-state index contributed by atoms with van der Waals surface area (Å²) in [6, 6.07) is 10.5. The normalized spacial score (nSPS) is 14.3. The lowest BCUT2D eigenvalue weighted by Gasteiger charge is -2.10. The van der Waals surface area contributed by atoms with Crippen LogP contribution >= 0.6 is 0 Å². The third kappa shape index (κ3) is 4.96. The Balaban J connectivity index is 1.19. The summed E-state index contributed by atoms with van der Waals surface area (Å²) in [5.74, 6) is 0.498. The van der Waals surface area contributed by atoms with Crippen molar-refractivity contribution in [2.75, 3.05) is 6.54 Å². The SMILES string of the molecule is O=C(NCc1cn2cc(CNCCC3CCCC3)ccc2n1)c1cc(=O)n2ccccc2n1. The number of aromatic nitrogens is 4. The minimum Gasteiger partial charge on any atom is -0.345 e. The molecule has 0 bridgehead atoms. The summed E-state index contributed by atoms with van der Waals surface area (Å²) in [7, 11) is 0. The number of fused-ring (bicyclic) bond motifs is 2. The molecule has 0 saturated heterocycles. The fraction of sp³-hybridized carbons (Fsp3) is 0.360. The van der Waals surface area contributed by atoms with Crippen molar-refractivity contribution in [3.8, 4) is 0 Å². The molecule has 8 heteroatoms. The molecule has 1 fully saturated rings. The van der Waals surface area contributed by atoms with E-state index in [0.717, 1.165) is 30.3 Å². The largest absolute Gasteiger partial charge is 0.345 e. The first-order chi connectivity index (χ1) is 16.2. The van der Waals surface area contributed by atoms with Crippen molar-refractivity contribution < 1.29 is 4.79 Å². The van der Waals surface area contributed by atoms with Gasteiger partial charge in [-0.15, -0.1) is 0 Å². The molecular weight excluding hydrogens is 416 g/mol. The van der Waals surface area contributed by atoms with E-state index >= 15 is 0 Å². The van der Waals surface area contributed by atoms with E-state index in [9.17, 15) is 9.59 Å². The van der Waals surface area contributed by atoms with Gasteiger partial charge in [0.1, 0.15) is 17.0 Å². The second-order valence-electron chi connectivity index (χ2n) is 8.74. The van der Waals surface area contributed by atoms with Crippen LogP contribution in [0.1, 0.15) is 53.8 Å². The van der Waals surface area contributed by atoms with E-state index in [1.165, 1.54) is 48.1 Å². The van der Waals surface area contributed by atoms with Crippen molar-refractivity contribution in [3.63, 3.8) is 0 Å². The molecule has 0 spiro atoms. The Morgan fingerprint density at radius 2 is 1.91 bits per heavy atom. The highest BCUT2D eigenvalue weighted by Crippen LogP contribution is 2.26. The lowest BCUT2D eigenvalue weighted by Crippen LogP contribution is -2.27. The fourth-order valence-corrected chi connectivity index (χ4v) is 4.55. The van der Waals surface area contributed by atoms with E-state index in [1.54, 1.807) is 24.4 Å². The maximum atomic E-state index is 12.6. The first kappa shape index (κ1) is 21.3. The first-order valence-corrected chi connectivity index (χ1v) is 11.6. The molecule has 1 aliphatic rings. The molecule has 170 valence electrons. The van der Waals surface area contributed by atoms with Gasteiger partial charge in [-0.25, -0.2) is 9.97 Å². The summed E-state index contributed by atoms with van der Waals surface area (Å²) < 4.78 is 3.39. The van der Waals surface area contributed by atoms with Gasteiger partial charge in [-0.2, -0.15) is 0 Å². The fourth-order valence-electron chi connectivity index (χ4n) is 4.55. The zero-order valence-corrected chi connectivity index (χ0v) is 18.5. The van der Waals surface area contributed by atoms with Crippen LogP contribution < -0.4 is 16.2 Å². The second kappa shape index (κ2) is 9.54. The molecule has 1 saturated carbocycles. The quantitative estimate of drug-likeness (QED) is 0.408. The number of hydrogen-bond acceptors (Lipinski definition) is 5. The Labute approximate surface area is 191 Å². The highest BCUT2D eigenvalue weighted by Gasteiger charge is 2.14. The van der Waals surface area contributed by atoms with Gasteiger partial charge in [0.2, 0.25) is 0 Å². The van der Waals surface area contributed by atoms with E-state index in [4.69, 9.17) is 0 Å². The summed E-state index contributed by atoms with van der Waals surface area (Å²) in [5, 5.41) is 6.36. The molecular formula is C25H28N6O2. The molecule has 4 aromatic heterocycles. The summed E-state index contributed by atoms with van der Waals surface area (Å²) in [6.45, 7) is 2.14. The van der Waals surface area contributed by atoms with Gasteiger partial charge in [0.25, 0.3) is 11.5 Å². The van der Waals surface area contributed by atoms with Gasteiger partial charge in [-0.05, 0) is 42.6 Å². The Hall–Kier alpha value is -3.52. The van der Waals surface area contributed by atoms with Crippen molar-refractivity contribution >= 4 is 17.2 Å². The molecule has 0 aromatic carbocycles. The van der Waals surface area contributed by atoms with Crippen LogP contribution in [0.15, 0.2) is 59.8 Å². The molecule has 1 aliphatic carbocycles. The van der Waals surface area contributed by atoms with Gasteiger partial charge in [0.15, 0.2) is 0 Å². The van der Waals surface area contributed by atoms with Crippen LogP contribution in [-0.2, 0) is 13.1 Å². The maximum absolute atomic E-state index is 12.6. The zero-order chi connectivity index (χ0) is 22.6. The highest BCUT2D eigenvalue weighted by atomic mass is 16.2. The third-order valence-corrected chi connectivity index (χ3v) is 6.33. The minimum atomic E-state index is -0.400. The molecule has 33 heavy (non-hydrogen) atoms.